The molecular weight excluding hydrogens is 216 g/mol. The van der Waals surface area contributed by atoms with Crippen LogP contribution >= 0.6 is 11.9 Å². The molecule has 0 fully saturated rings. The van der Waals surface area contributed by atoms with Gasteiger partial charge in [0.2, 0.25) is 0 Å². The number of aromatic nitrogens is 1. The lowest BCUT2D eigenvalue weighted by molar-refractivity contribution is 1.45. The summed E-state index contributed by atoms with van der Waals surface area (Å²) in [5.41, 5.74) is 2.02. The molecule has 0 saturated heterocycles. The zero-order chi connectivity index (χ0) is 11.0. The highest BCUT2D eigenvalue weighted by Crippen LogP contribution is 2.26. The van der Waals surface area contributed by atoms with Crippen LogP contribution in [0.3, 0.4) is 0 Å². The fraction of sp³-hybridized carbons (Fsp3) is 0. The zero-order valence-corrected chi connectivity index (χ0v) is 9.37. The number of fused-ring (bicyclic) bond motifs is 2. The molecule has 0 saturated carbocycles. The van der Waals surface area contributed by atoms with E-state index in [2.05, 4.69) is 17.1 Å². The van der Waals surface area contributed by atoms with Gasteiger partial charge in [-0.2, -0.15) is 0 Å². The van der Waals surface area contributed by atoms with Gasteiger partial charge in [0, 0.05) is 15.7 Å². The predicted molar refractivity (Wildman–Crippen MR) is 69.3 cm³/mol. The fourth-order valence-electron chi connectivity index (χ4n) is 1.87. The Bertz CT molecular complexity index is 664. The molecule has 2 N–H and O–H groups in total. The van der Waals surface area contributed by atoms with Gasteiger partial charge in [0.15, 0.2) is 0 Å². The molecule has 78 valence electrons. The van der Waals surface area contributed by atoms with Crippen LogP contribution in [-0.4, -0.2) is 4.98 Å². The lowest BCUT2D eigenvalue weighted by Gasteiger charge is -2.04. The van der Waals surface area contributed by atoms with Crippen molar-refractivity contribution in [3.63, 3.8) is 0 Å². The third-order valence-corrected chi connectivity index (χ3v) is 3.26. The van der Waals surface area contributed by atoms with Gasteiger partial charge < -0.3 is 0 Å². The number of para-hydroxylation sites is 1. The Morgan fingerprint density at radius 1 is 0.938 bits per heavy atom. The van der Waals surface area contributed by atoms with Crippen LogP contribution < -0.4 is 5.14 Å². The molecule has 1 aromatic heterocycles. The summed E-state index contributed by atoms with van der Waals surface area (Å²) < 4.78 is 0. The van der Waals surface area contributed by atoms with Crippen molar-refractivity contribution in [2.24, 2.45) is 5.14 Å². The lowest BCUT2D eigenvalue weighted by atomic mass is 10.1. The Kier molecular flexibility index (Phi) is 2.27. The summed E-state index contributed by atoms with van der Waals surface area (Å²) in [4.78, 5) is 5.68. The van der Waals surface area contributed by atoms with Gasteiger partial charge in [-0.3, -0.25) is 5.14 Å². The van der Waals surface area contributed by atoms with Crippen LogP contribution in [0.25, 0.3) is 21.8 Å². The van der Waals surface area contributed by atoms with Crippen LogP contribution in [0, 0.1) is 0 Å². The summed E-state index contributed by atoms with van der Waals surface area (Å²) in [6.07, 6.45) is 0. The average Bonchev–Trinajstić information content (AvgIpc) is 2.35. The summed E-state index contributed by atoms with van der Waals surface area (Å²) in [6, 6.07) is 16.3. The molecule has 2 nitrogen and oxygen atoms in total. The van der Waals surface area contributed by atoms with Crippen molar-refractivity contribution in [3.8, 4) is 0 Å². The van der Waals surface area contributed by atoms with E-state index in [1.165, 1.54) is 11.9 Å². The second-order valence-electron chi connectivity index (χ2n) is 3.62. The smallest absolute Gasteiger partial charge is 0.0721 e. The molecule has 0 bridgehead atoms. The normalized spacial score (nSPS) is 11.1. The van der Waals surface area contributed by atoms with Crippen molar-refractivity contribution in [1.29, 1.82) is 0 Å². The Morgan fingerprint density at radius 2 is 1.75 bits per heavy atom. The Morgan fingerprint density at radius 3 is 2.62 bits per heavy atom. The number of hydrogen-bond donors (Lipinski definition) is 1. The first kappa shape index (κ1) is 9.63. The zero-order valence-electron chi connectivity index (χ0n) is 8.55. The van der Waals surface area contributed by atoms with E-state index in [4.69, 9.17) is 5.14 Å². The number of rotatable bonds is 1. The number of benzene rings is 2. The van der Waals surface area contributed by atoms with Gasteiger partial charge in [0.25, 0.3) is 0 Å². The van der Waals surface area contributed by atoms with Crippen molar-refractivity contribution >= 4 is 33.8 Å². The first-order valence-corrected chi connectivity index (χ1v) is 5.92. The molecule has 0 aliphatic rings. The summed E-state index contributed by atoms with van der Waals surface area (Å²) in [5.74, 6) is 0. The van der Waals surface area contributed by atoms with Crippen molar-refractivity contribution in [2.75, 3.05) is 0 Å². The topological polar surface area (TPSA) is 38.9 Å². The van der Waals surface area contributed by atoms with Crippen LogP contribution in [-0.2, 0) is 0 Å². The first-order chi connectivity index (χ1) is 7.88. The summed E-state index contributed by atoms with van der Waals surface area (Å²) >= 11 is 1.27. The minimum atomic E-state index is 0.995. The molecule has 1 heterocycles. The van der Waals surface area contributed by atoms with Crippen LogP contribution in [0.5, 0.6) is 0 Å². The van der Waals surface area contributed by atoms with Gasteiger partial charge in [-0.1, -0.05) is 24.3 Å². The van der Waals surface area contributed by atoms with Gasteiger partial charge >= 0.3 is 0 Å². The van der Waals surface area contributed by atoms with Gasteiger partial charge in [-0.25, -0.2) is 4.98 Å². The van der Waals surface area contributed by atoms with Gasteiger partial charge in [-0.15, -0.1) is 0 Å². The number of pyridine rings is 1. The summed E-state index contributed by atoms with van der Waals surface area (Å²) in [5, 5.41) is 7.92. The molecule has 0 unspecified atom stereocenters. The Hall–Kier alpha value is -1.58. The van der Waals surface area contributed by atoms with E-state index in [-0.39, 0.29) is 0 Å². The van der Waals surface area contributed by atoms with E-state index in [0.29, 0.717) is 0 Å². The maximum Gasteiger partial charge on any atom is 0.0721 e. The standard InChI is InChI=1S/C13H10N2S/c14-16-13-7-3-6-12-10(13)8-9-4-1-2-5-11(9)15-12/h1-8H,14H2. The SMILES string of the molecule is NSc1cccc2nc3ccccc3cc12. The molecule has 0 aliphatic carbocycles. The van der Waals surface area contributed by atoms with Crippen LogP contribution in [0.15, 0.2) is 53.4 Å². The van der Waals surface area contributed by atoms with Gasteiger partial charge in [0.1, 0.15) is 0 Å². The van der Waals surface area contributed by atoms with Crippen molar-refractivity contribution in [2.45, 2.75) is 4.90 Å². The number of hydrogen-bond acceptors (Lipinski definition) is 3. The predicted octanol–water partition coefficient (Wildman–Crippen LogP) is 3.35. The molecule has 0 spiro atoms. The second kappa shape index (κ2) is 3.77. The van der Waals surface area contributed by atoms with Crippen molar-refractivity contribution < 1.29 is 0 Å². The van der Waals surface area contributed by atoms with Crippen LogP contribution in [0.4, 0.5) is 0 Å². The van der Waals surface area contributed by atoms with E-state index in [9.17, 15) is 0 Å². The second-order valence-corrected chi connectivity index (χ2v) is 4.30. The van der Waals surface area contributed by atoms with Crippen LogP contribution in [0.2, 0.25) is 0 Å². The van der Waals surface area contributed by atoms with E-state index >= 15 is 0 Å². The maximum absolute atomic E-state index is 5.65. The summed E-state index contributed by atoms with van der Waals surface area (Å²) in [7, 11) is 0. The van der Waals surface area contributed by atoms with Crippen molar-refractivity contribution in [1.82, 2.24) is 4.98 Å². The minimum Gasteiger partial charge on any atom is -0.274 e. The summed E-state index contributed by atoms with van der Waals surface area (Å²) in [6.45, 7) is 0. The fourth-order valence-corrected chi connectivity index (χ4v) is 2.32. The quantitative estimate of drug-likeness (QED) is 0.511. The molecule has 0 radical (unpaired) electrons. The monoisotopic (exact) mass is 226 g/mol. The number of nitrogens with two attached hydrogens (primary N) is 1. The van der Waals surface area contributed by atoms with Crippen molar-refractivity contribution in [3.05, 3.63) is 48.5 Å². The van der Waals surface area contributed by atoms with Gasteiger partial charge in [-0.05, 0) is 36.2 Å². The highest BCUT2D eigenvalue weighted by molar-refractivity contribution is 7.97. The molecule has 3 aromatic rings. The third-order valence-electron chi connectivity index (χ3n) is 2.65. The van der Waals surface area contributed by atoms with Crippen LogP contribution in [0.1, 0.15) is 0 Å². The van der Waals surface area contributed by atoms with Gasteiger partial charge in [0.05, 0.1) is 11.0 Å². The minimum absolute atomic E-state index is 0.995. The highest BCUT2D eigenvalue weighted by atomic mass is 32.2. The molecule has 2 aromatic carbocycles. The first-order valence-electron chi connectivity index (χ1n) is 5.04. The molecular formula is C13H10N2S. The molecule has 0 aliphatic heterocycles. The third kappa shape index (κ3) is 1.45. The lowest BCUT2D eigenvalue weighted by Crippen LogP contribution is -1.86. The number of nitrogens with zero attached hydrogens (tertiary/aromatic N) is 1. The van der Waals surface area contributed by atoms with E-state index in [1.807, 2.05) is 36.4 Å². The molecule has 0 atom stereocenters. The Labute approximate surface area is 97.6 Å². The Balaban J connectivity index is 2.46. The van der Waals surface area contributed by atoms with E-state index < -0.39 is 0 Å². The van der Waals surface area contributed by atoms with E-state index in [1.54, 1.807) is 0 Å². The molecule has 3 rings (SSSR count). The maximum atomic E-state index is 5.65. The average molecular weight is 226 g/mol. The van der Waals surface area contributed by atoms with E-state index in [0.717, 1.165) is 26.7 Å². The molecule has 0 amide bonds. The molecule has 16 heavy (non-hydrogen) atoms. The largest absolute Gasteiger partial charge is 0.274 e. The molecule has 3 heteroatoms. The highest BCUT2D eigenvalue weighted by Gasteiger charge is 2.03.